The van der Waals surface area contributed by atoms with Crippen molar-refractivity contribution in [3.05, 3.63) is 47.8 Å². The molecule has 0 amide bonds. The van der Waals surface area contributed by atoms with Gasteiger partial charge in [-0.25, -0.2) is 8.42 Å². The zero-order chi connectivity index (χ0) is 14.8. The van der Waals surface area contributed by atoms with Crippen LogP contribution in [0.15, 0.2) is 41.4 Å². The van der Waals surface area contributed by atoms with Crippen molar-refractivity contribution >= 4 is 15.9 Å². The highest BCUT2D eigenvalue weighted by Crippen LogP contribution is 2.18. The van der Waals surface area contributed by atoms with Crippen LogP contribution in [0.2, 0.25) is 0 Å². The summed E-state index contributed by atoms with van der Waals surface area (Å²) in [5, 5.41) is 13.8. The largest absolute Gasteiger partial charge is 0.386 e. The molecule has 2 rings (SSSR count). The van der Waals surface area contributed by atoms with Gasteiger partial charge in [0.1, 0.15) is 16.8 Å². The van der Waals surface area contributed by atoms with Crippen molar-refractivity contribution in [1.29, 1.82) is 5.41 Å². The lowest BCUT2D eigenvalue weighted by molar-refractivity contribution is 0.576. The van der Waals surface area contributed by atoms with E-state index in [4.69, 9.17) is 11.1 Å². The summed E-state index contributed by atoms with van der Waals surface area (Å²) >= 11 is 0. The number of aromatic amines is 1. The number of amidine groups is 1. The number of sulfonamides is 1. The molecule has 0 saturated heterocycles. The summed E-state index contributed by atoms with van der Waals surface area (Å²) in [6, 6.07) is 7.81. The van der Waals surface area contributed by atoms with Gasteiger partial charge in [0.25, 0.3) is 0 Å². The van der Waals surface area contributed by atoms with E-state index in [0.29, 0.717) is 11.3 Å². The van der Waals surface area contributed by atoms with Crippen molar-refractivity contribution in [3.8, 4) is 0 Å². The fraction of sp³-hybridized carbons (Fsp3) is 0.167. The van der Waals surface area contributed by atoms with Gasteiger partial charge in [-0.15, -0.1) is 0 Å². The van der Waals surface area contributed by atoms with Crippen molar-refractivity contribution in [2.45, 2.75) is 17.9 Å². The predicted octanol–water partition coefficient (Wildman–Crippen LogP) is 0.674. The van der Waals surface area contributed by atoms with Crippen LogP contribution in [0.1, 0.15) is 17.3 Å². The highest BCUT2D eigenvalue weighted by Gasteiger charge is 2.25. The van der Waals surface area contributed by atoms with Crippen LogP contribution < -0.4 is 10.5 Å². The zero-order valence-corrected chi connectivity index (χ0v) is 11.6. The van der Waals surface area contributed by atoms with E-state index in [0.717, 1.165) is 0 Å². The first-order valence-corrected chi connectivity index (χ1v) is 7.31. The number of nitrogens with two attached hydrogens (primary N) is 1. The van der Waals surface area contributed by atoms with Crippen LogP contribution in [-0.4, -0.2) is 24.5 Å². The number of hydrogen-bond acceptors (Lipinski definition) is 4. The highest BCUT2D eigenvalue weighted by atomic mass is 32.2. The van der Waals surface area contributed by atoms with Gasteiger partial charge in [-0.2, -0.15) is 9.82 Å². The van der Waals surface area contributed by atoms with Crippen LogP contribution in [0.4, 0.5) is 0 Å². The van der Waals surface area contributed by atoms with E-state index < -0.39 is 16.1 Å². The average molecular weight is 293 g/mol. The van der Waals surface area contributed by atoms with E-state index in [1.165, 1.54) is 6.20 Å². The summed E-state index contributed by atoms with van der Waals surface area (Å²) in [5.41, 5.74) is 6.53. The van der Waals surface area contributed by atoms with Crippen molar-refractivity contribution in [1.82, 2.24) is 14.9 Å². The van der Waals surface area contributed by atoms with Crippen molar-refractivity contribution in [2.75, 3.05) is 0 Å². The Hall–Kier alpha value is -2.19. The molecule has 20 heavy (non-hydrogen) atoms. The van der Waals surface area contributed by atoms with Gasteiger partial charge in [0.15, 0.2) is 0 Å². The van der Waals surface area contributed by atoms with E-state index in [2.05, 4.69) is 14.9 Å². The Balaban J connectivity index is 2.35. The lowest BCUT2D eigenvalue weighted by Crippen LogP contribution is -2.37. The molecule has 1 aromatic carbocycles. The first-order chi connectivity index (χ1) is 9.42. The molecule has 0 aliphatic heterocycles. The number of aromatic nitrogens is 2. The third kappa shape index (κ3) is 2.86. The van der Waals surface area contributed by atoms with Crippen molar-refractivity contribution in [3.63, 3.8) is 0 Å². The van der Waals surface area contributed by atoms with Gasteiger partial charge < -0.3 is 5.73 Å². The predicted molar refractivity (Wildman–Crippen MR) is 74.7 cm³/mol. The Bertz CT molecular complexity index is 708. The zero-order valence-electron chi connectivity index (χ0n) is 10.8. The summed E-state index contributed by atoms with van der Waals surface area (Å²) < 4.78 is 27.0. The van der Waals surface area contributed by atoms with E-state index in [1.54, 1.807) is 37.3 Å². The highest BCUT2D eigenvalue weighted by molar-refractivity contribution is 7.89. The van der Waals surface area contributed by atoms with Gasteiger partial charge in [-0.1, -0.05) is 30.3 Å². The Labute approximate surface area is 116 Å². The molecule has 0 bridgehead atoms. The van der Waals surface area contributed by atoms with Crippen LogP contribution in [0.5, 0.6) is 0 Å². The second-order valence-corrected chi connectivity index (χ2v) is 5.96. The number of rotatable bonds is 5. The molecule has 0 fully saturated rings. The van der Waals surface area contributed by atoms with Gasteiger partial charge in [0, 0.05) is 0 Å². The maximum atomic E-state index is 12.3. The number of nitrogens with one attached hydrogen (secondary N) is 3. The lowest BCUT2D eigenvalue weighted by Gasteiger charge is -2.17. The monoisotopic (exact) mass is 293 g/mol. The summed E-state index contributed by atoms with van der Waals surface area (Å²) in [6.45, 7) is 1.60. The SMILES string of the molecule is Cc1[nH]ncc1S(=O)(=O)NC(C(=N)N)c1ccccc1. The number of nitrogens with zero attached hydrogens (tertiary/aromatic N) is 1. The van der Waals surface area contributed by atoms with E-state index in [-0.39, 0.29) is 10.7 Å². The summed E-state index contributed by atoms with van der Waals surface area (Å²) in [6.07, 6.45) is 1.22. The van der Waals surface area contributed by atoms with Gasteiger partial charge in [0.2, 0.25) is 10.0 Å². The van der Waals surface area contributed by atoms with E-state index >= 15 is 0 Å². The van der Waals surface area contributed by atoms with Gasteiger partial charge >= 0.3 is 0 Å². The molecule has 1 heterocycles. The maximum absolute atomic E-state index is 12.3. The quantitative estimate of drug-likeness (QED) is 0.477. The first kappa shape index (κ1) is 14.2. The van der Waals surface area contributed by atoms with E-state index in [9.17, 15) is 8.42 Å². The molecule has 7 nitrogen and oxygen atoms in total. The van der Waals surface area contributed by atoms with E-state index in [1.807, 2.05) is 0 Å². The Kier molecular flexibility index (Phi) is 3.86. The lowest BCUT2D eigenvalue weighted by atomic mass is 10.1. The molecule has 0 radical (unpaired) electrons. The molecule has 5 N–H and O–H groups in total. The van der Waals surface area contributed by atoms with Crippen molar-refractivity contribution in [2.24, 2.45) is 5.73 Å². The second kappa shape index (κ2) is 5.43. The normalized spacial score (nSPS) is 13.1. The third-order valence-corrected chi connectivity index (χ3v) is 4.33. The van der Waals surface area contributed by atoms with Crippen LogP contribution in [-0.2, 0) is 10.0 Å². The number of H-pyrrole nitrogens is 1. The molecule has 1 unspecified atom stereocenters. The minimum absolute atomic E-state index is 0.0414. The molecule has 0 saturated carbocycles. The minimum Gasteiger partial charge on any atom is -0.386 e. The van der Waals surface area contributed by atoms with Gasteiger partial charge in [-0.3, -0.25) is 10.5 Å². The van der Waals surface area contributed by atoms with Gasteiger partial charge in [0.05, 0.1) is 11.9 Å². The molecule has 1 atom stereocenters. The fourth-order valence-corrected chi connectivity index (χ4v) is 3.13. The molecule has 0 aliphatic rings. The summed E-state index contributed by atoms with van der Waals surface area (Å²) in [7, 11) is -3.80. The van der Waals surface area contributed by atoms with Crippen molar-refractivity contribution < 1.29 is 8.42 Å². The Morgan fingerprint density at radius 1 is 1.40 bits per heavy atom. The average Bonchev–Trinajstić information content (AvgIpc) is 2.84. The molecule has 1 aromatic heterocycles. The van der Waals surface area contributed by atoms with Gasteiger partial charge in [-0.05, 0) is 12.5 Å². The second-order valence-electron chi connectivity index (χ2n) is 4.28. The molecular weight excluding hydrogens is 278 g/mol. The molecule has 106 valence electrons. The maximum Gasteiger partial charge on any atom is 0.244 e. The minimum atomic E-state index is -3.80. The number of aryl methyl sites for hydroxylation is 1. The third-order valence-electron chi connectivity index (χ3n) is 2.79. The number of benzene rings is 1. The Morgan fingerprint density at radius 2 is 2.05 bits per heavy atom. The summed E-state index contributed by atoms with van der Waals surface area (Å²) in [4.78, 5) is 0.0414. The van der Waals surface area contributed by atoms with Crippen LogP contribution >= 0.6 is 0 Å². The molecule has 0 aliphatic carbocycles. The van der Waals surface area contributed by atoms with Crippen LogP contribution in [0.3, 0.4) is 0 Å². The Morgan fingerprint density at radius 3 is 2.55 bits per heavy atom. The fourth-order valence-electron chi connectivity index (χ4n) is 1.79. The smallest absolute Gasteiger partial charge is 0.244 e. The number of hydrogen-bond donors (Lipinski definition) is 4. The van der Waals surface area contributed by atoms with Crippen LogP contribution in [0, 0.1) is 12.3 Å². The molecule has 0 spiro atoms. The molecule has 2 aromatic rings. The first-order valence-electron chi connectivity index (χ1n) is 5.83. The summed E-state index contributed by atoms with van der Waals surface area (Å²) in [5.74, 6) is -0.277. The standard InChI is InChI=1S/C12H15N5O2S/c1-8-10(7-15-16-8)20(18,19)17-11(12(13)14)9-5-3-2-4-6-9/h2-7,11,17H,1H3,(H3,13,14)(H,15,16). The topological polar surface area (TPSA) is 125 Å². The molecule has 8 heteroatoms. The van der Waals surface area contributed by atoms with Crippen LogP contribution in [0.25, 0.3) is 0 Å². The molecular formula is C12H15N5O2S.